The van der Waals surface area contributed by atoms with E-state index < -0.39 is 86.8 Å². The summed E-state index contributed by atoms with van der Waals surface area (Å²) in [5, 5.41) is 87.4. The molecule has 2 heterocycles. The standard InChI is InChI=1S/C77H145NO13/c1-3-5-7-9-11-13-15-17-19-21-23-24-25-26-27-28-29-30-31-32-33-34-35-36-37-38-39-40-41-43-45-47-49-51-53-55-57-59-61-69(82)78-65(66(81)60-58-56-54-52-50-48-46-44-42-22-20-18-16-14-12-10-8-6-4-2)64-88-76-74(87)72(85)75(68(63-80)90-76)91-77-73(86)71(84)70(83)67(62-79)89-77/h42,44,50,52,58,60,65-68,70-77,79-81,83-87H,3-41,43,45-49,51,53-57,59,61-64H2,1-2H3,(H,78,82)/b44-42+,52-50+,60-58+. The van der Waals surface area contributed by atoms with Crippen LogP contribution in [0, 0.1) is 0 Å². The van der Waals surface area contributed by atoms with Gasteiger partial charge in [0.05, 0.1) is 32.0 Å². The first kappa shape index (κ1) is 85.3. The van der Waals surface area contributed by atoms with Gasteiger partial charge in [-0.25, -0.2) is 0 Å². The Balaban J connectivity index is 1.58. The van der Waals surface area contributed by atoms with E-state index in [1.165, 1.54) is 276 Å². The highest BCUT2D eigenvalue weighted by Crippen LogP contribution is 2.30. The Morgan fingerprint density at radius 2 is 0.703 bits per heavy atom. The number of hydrogen-bond donors (Lipinski definition) is 9. The normalized spacial score (nSPS) is 22.9. The van der Waals surface area contributed by atoms with Crippen LogP contribution in [0.5, 0.6) is 0 Å². The molecule has 2 fully saturated rings. The molecule has 9 N–H and O–H groups in total. The summed E-state index contributed by atoms with van der Waals surface area (Å²) in [5.41, 5.74) is 0. The molecule has 0 saturated carbocycles. The lowest BCUT2D eigenvalue weighted by Gasteiger charge is -2.46. The summed E-state index contributed by atoms with van der Waals surface area (Å²) in [6.45, 7) is 2.82. The van der Waals surface area contributed by atoms with Gasteiger partial charge in [-0.05, 0) is 44.9 Å². The van der Waals surface area contributed by atoms with Crippen LogP contribution in [0.25, 0.3) is 0 Å². The first-order valence-electron chi connectivity index (χ1n) is 38.7. The third kappa shape index (κ3) is 45.4. The number of ether oxygens (including phenoxy) is 4. The summed E-state index contributed by atoms with van der Waals surface area (Å²) >= 11 is 0. The van der Waals surface area contributed by atoms with Crippen molar-refractivity contribution in [3.8, 4) is 0 Å². The fourth-order valence-electron chi connectivity index (χ4n) is 12.9. The molecule has 2 aliphatic rings. The Kier molecular flexibility index (Phi) is 57.9. The summed E-state index contributed by atoms with van der Waals surface area (Å²) in [5.74, 6) is -0.246. The van der Waals surface area contributed by atoms with Crippen LogP contribution in [0.3, 0.4) is 0 Å². The minimum absolute atomic E-state index is 0.246. The number of hydrogen-bond acceptors (Lipinski definition) is 13. The molecular weight excluding hydrogens is 1150 g/mol. The van der Waals surface area contributed by atoms with E-state index in [0.717, 1.165) is 44.9 Å². The van der Waals surface area contributed by atoms with E-state index in [9.17, 15) is 45.6 Å². The number of unbranched alkanes of at least 4 members (excludes halogenated alkanes) is 48. The monoisotopic (exact) mass is 1290 g/mol. The van der Waals surface area contributed by atoms with Gasteiger partial charge in [0, 0.05) is 6.42 Å². The summed E-state index contributed by atoms with van der Waals surface area (Å²) in [7, 11) is 0. The molecule has 536 valence electrons. The van der Waals surface area contributed by atoms with Gasteiger partial charge in [-0.3, -0.25) is 4.79 Å². The second kappa shape index (κ2) is 61.8. The van der Waals surface area contributed by atoms with Gasteiger partial charge in [-0.2, -0.15) is 0 Å². The molecule has 12 atom stereocenters. The molecule has 0 bridgehead atoms. The van der Waals surface area contributed by atoms with E-state index in [1.54, 1.807) is 6.08 Å². The van der Waals surface area contributed by atoms with Crippen LogP contribution in [-0.2, 0) is 23.7 Å². The number of amides is 1. The third-order valence-corrected chi connectivity index (χ3v) is 19.1. The Morgan fingerprint density at radius 3 is 1.08 bits per heavy atom. The molecule has 0 aliphatic carbocycles. The summed E-state index contributed by atoms with van der Waals surface area (Å²) < 4.78 is 22.8. The topological polar surface area (TPSA) is 228 Å². The van der Waals surface area contributed by atoms with Crippen LogP contribution in [-0.4, -0.2) is 140 Å². The van der Waals surface area contributed by atoms with Crippen molar-refractivity contribution in [1.29, 1.82) is 0 Å². The number of carbonyl (C=O) groups excluding carboxylic acids is 1. The molecule has 12 unspecified atom stereocenters. The van der Waals surface area contributed by atoms with Gasteiger partial charge in [-0.15, -0.1) is 0 Å². The van der Waals surface area contributed by atoms with E-state index in [4.69, 9.17) is 18.9 Å². The van der Waals surface area contributed by atoms with Crippen LogP contribution in [0.4, 0.5) is 0 Å². The molecule has 14 heteroatoms. The second-order valence-electron chi connectivity index (χ2n) is 27.5. The third-order valence-electron chi connectivity index (χ3n) is 19.1. The van der Waals surface area contributed by atoms with Crippen molar-refractivity contribution in [2.24, 2.45) is 0 Å². The fourth-order valence-corrected chi connectivity index (χ4v) is 12.9. The van der Waals surface area contributed by atoms with Gasteiger partial charge in [0.1, 0.15) is 48.8 Å². The molecule has 1 amide bonds. The minimum Gasteiger partial charge on any atom is -0.394 e. The Hall–Kier alpha value is -1.79. The van der Waals surface area contributed by atoms with Crippen LogP contribution in [0.1, 0.15) is 354 Å². The van der Waals surface area contributed by atoms with Crippen molar-refractivity contribution in [1.82, 2.24) is 5.32 Å². The quantitative estimate of drug-likeness (QED) is 0.0204. The largest absolute Gasteiger partial charge is 0.394 e. The van der Waals surface area contributed by atoms with Crippen LogP contribution in [0.15, 0.2) is 36.5 Å². The van der Waals surface area contributed by atoms with E-state index >= 15 is 0 Å². The first-order valence-corrected chi connectivity index (χ1v) is 38.7. The maximum Gasteiger partial charge on any atom is 0.220 e. The zero-order valence-electron chi connectivity index (χ0n) is 58.6. The van der Waals surface area contributed by atoms with Gasteiger partial charge in [0.15, 0.2) is 12.6 Å². The number of aliphatic hydroxyl groups excluding tert-OH is 8. The van der Waals surface area contributed by atoms with Crippen LogP contribution < -0.4 is 5.32 Å². The second-order valence-corrected chi connectivity index (χ2v) is 27.5. The smallest absolute Gasteiger partial charge is 0.220 e. The van der Waals surface area contributed by atoms with Gasteiger partial charge < -0.3 is 65.1 Å². The molecule has 0 spiro atoms. The highest BCUT2D eigenvalue weighted by atomic mass is 16.7. The van der Waals surface area contributed by atoms with Crippen LogP contribution in [0.2, 0.25) is 0 Å². The average Bonchev–Trinajstić information content (AvgIpc) is 1.08. The summed E-state index contributed by atoms with van der Waals surface area (Å²) in [6.07, 6.45) is 63.9. The molecular formula is C77H145NO13. The molecule has 0 aromatic rings. The lowest BCUT2D eigenvalue weighted by atomic mass is 9.97. The van der Waals surface area contributed by atoms with Crippen molar-refractivity contribution < 1.29 is 64.6 Å². The van der Waals surface area contributed by atoms with Crippen molar-refractivity contribution in [3.63, 3.8) is 0 Å². The first-order chi connectivity index (χ1) is 44.6. The van der Waals surface area contributed by atoms with Crippen molar-refractivity contribution in [2.45, 2.75) is 428 Å². The van der Waals surface area contributed by atoms with Gasteiger partial charge in [0.25, 0.3) is 0 Å². The molecule has 2 aliphatic heterocycles. The molecule has 0 aromatic carbocycles. The minimum atomic E-state index is -1.79. The van der Waals surface area contributed by atoms with Gasteiger partial charge in [0.2, 0.25) is 5.91 Å². The lowest BCUT2D eigenvalue weighted by Crippen LogP contribution is -2.65. The average molecular weight is 1290 g/mol. The number of aliphatic hydroxyl groups is 8. The van der Waals surface area contributed by atoms with Crippen LogP contribution >= 0.6 is 0 Å². The number of allylic oxidation sites excluding steroid dienone is 5. The van der Waals surface area contributed by atoms with E-state index in [1.807, 2.05) is 6.08 Å². The van der Waals surface area contributed by atoms with Crippen molar-refractivity contribution in [3.05, 3.63) is 36.5 Å². The van der Waals surface area contributed by atoms with Crippen molar-refractivity contribution >= 4 is 5.91 Å². The zero-order valence-corrected chi connectivity index (χ0v) is 58.6. The lowest BCUT2D eigenvalue weighted by molar-refractivity contribution is -0.359. The Bertz CT molecular complexity index is 1670. The molecule has 0 aromatic heterocycles. The number of rotatable bonds is 65. The molecule has 91 heavy (non-hydrogen) atoms. The SMILES string of the molecule is CCCCCCCCCCC/C=C/CC/C=C/CC/C=C/C(O)C(COC1OC(CO)C(OC2OC(CO)C(O)C(O)C2O)C(O)C1O)NC(=O)CCCCCCCCCCCCCCCCCCCCCCCCCCCCCCCCCCCCCCCC. The highest BCUT2D eigenvalue weighted by Gasteiger charge is 2.51. The Morgan fingerprint density at radius 1 is 0.385 bits per heavy atom. The number of carbonyl (C=O) groups is 1. The fraction of sp³-hybridized carbons (Fsp3) is 0.909. The van der Waals surface area contributed by atoms with E-state index in [0.29, 0.717) is 12.8 Å². The molecule has 2 saturated heterocycles. The predicted octanol–water partition coefficient (Wildman–Crippen LogP) is 16.9. The maximum absolute atomic E-state index is 13.3. The van der Waals surface area contributed by atoms with Gasteiger partial charge >= 0.3 is 0 Å². The Labute approximate surface area is 557 Å². The zero-order chi connectivity index (χ0) is 65.9. The number of nitrogens with one attached hydrogen (secondary N) is 1. The maximum atomic E-state index is 13.3. The van der Waals surface area contributed by atoms with Crippen molar-refractivity contribution in [2.75, 3.05) is 19.8 Å². The molecule has 14 nitrogen and oxygen atoms in total. The molecule has 2 rings (SSSR count). The molecule has 0 radical (unpaired) electrons. The van der Waals surface area contributed by atoms with E-state index in [2.05, 4.69) is 43.5 Å². The van der Waals surface area contributed by atoms with Gasteiger partial charge in [-0.1, -0.05) is 339 Å². The summed E-state index contributed by atoms with van der Waals surface area (Å²) in [4.78, 5) is 13.3. The predicted molar refractivity (Wildman–Crippen MR) is 374 cm³/mol. The summed E-state index contributed by atoms with van der Waals surface area (Å²) in [6, 6.07) is -0.937. The van der Waals surface area contributed by atoms with E-state index in [-0.39, 0.29) is 18.9 Å². The highest BCUT2D eigenvalue weighted by molar-refractivity contribution is 5.76.